The van der Waals surface area contributed by atoms with Crippen molar-refractivity contribution < 1.29 is 4.79 Å². The van der Waals surface area contributed by atoms with E-state index in [1.165, 1.54) is 0 Å². The Balaban J connectivity index is 1.87. The van der Waals surface area contributed by atoms with E-state index in [1.807, 2.05) is 42.5 Å². The van der Waals surface area contributed by atoms with E-state index < -0.39 is 0 Å². The fourth-order valence-corrected chi connectivity index (χ4v) is 4.18. The Hall–Kier alpha value is -1.18. The lowest BCUT2D eigenvalue weighted by Gasteiger charge is -2.10. The van der Waals surface area contributed by atoms with Crippen molar-refractivity contribution in [3.05, 3.63) is 61.4 Å². The molecule has 22 heavy (non-hydrogen) atoms. The molecule has 0 saturated heterocycles. The molecule has 7 heteroatoms. The molecule has 0 heterocycles. The van der Waals surface area contributed by atoms with E-state index in [0.717, 1.165) is 24.7 Å². The van der Waals surface area contributed by atoms with Gasteiger partial charge in [-0.2, -0.15) is 5.10 Å². The molecule has 0 aromatic heterocycles. The number of halogens is 3. The number of amides is 1. The van der Waals surface area contributed by atoms with Crippen LogP contribution in [0.1, 0.15) is 5.56 Å². The molecule has 1 amide bonds. The van der Waals surface area contributed by atoms with Crippen LogP contribution in [0.25, 0.3) is 0 Å². The maximum absolute atomic E-state index is 11.8. The summed E-state index contributed by atoms with van der Waals surface area (Å²) in [7, 11) is 0. The first-order valence-corrected chi connectivity index (χ1v) is 8.69. The molecule has 0 aliphatic carbocycles. The number of nitrogens with one attached hydrogen (secondary N) is 2. The molecular weight excluding hydrogens is 478 g/mol. The molecule has 0 aliphatic rings. The van der Waals surface area contributed by atoms with Crippen LogP contribution < -0.4 is 10.7 Å². The van der Waals surface area contributed by atoms with Crippen LogP contribution in [0.3, 0.4) is 0 Å². The van der Waals surface area contributed by atoms with Gasteiger partial charge in [0, 0.05) is 13.4 Å². The molecule has 2 aromatic rings. The van der Waals surface area contributed by atoms with Crippen LogP contribution >= 0.6 is 47.8 Å². The molecule has 2 N–H and O–H groups in total. The first kappa shape index (κ1) is 17.2. The molecule has 0 saturated carbocycles. The van der Waals surface area contributed by atoms with Crippen molar-refractivity contribution in [2.45, 2.75) is 0 Å². The summed E-state index contributed by atoms with van der Waals surface area (Å²) in [6, 6.07) is 13.4. The van der Waals surface area contributed by atoms with Crippen molar-refractivity contribution in [1.82, 2.24) is 5.43 Å². The monoisotopic (exact) mass is 487 g/mol. The summed E-state index contributed by atoms with van der Waals surface area (Å²) in [5.74, 6) is -0.228. The van der Waals surface area contributed by atoms with Gasteiger partial charge < -0.3 is 5.32 Å². The van der Waals surface area contributed by atoms with Gasteiger partial charge in [-0.1, -0.05) is 46.3 Å². The highest BCUT2D eigenvalue weighted by Crippen LogP contribution is 2.34. The van der Waals surface area contributed by atoms with Gasteiger partial charge in [0.1, 0.15) is 0 Å². The molecular formula is C15H12Br3N3O. The molecule has 4 nitrogen and oxygen atoms in total. The van der Waals surface area contributed by atoms with E-state index in [4.69, 9.17) is 0 Å². The Kier molecular flexibility index (Phi) is 6.60. The second-order valence-corrected chi connectivity index (χ2v) is 6.93. The predicted octanol–water partition coefficient (Wildman–Crippen LogP) is 4.54. The van der Waals surface area contributed by atoms with E-state index in [-0.39, 0.29) is 12.5 Å². The summed E-state index contributed by atoms with van der Waals surface area (Å²) in [5, 5.41) is 6.97. The molecule has 0 atom stereocenters. The summed E-state index contributed by atoms with van der Waals surface area (Å²) in [6.45, 7) is 0.116. The van der Waals surface area contributed by atoms with Crippen molar-refractivity contribution in [2.75, 3.05) is 11.9 Å². The fraction of sp³-hybridized carbons (Fsp3) is 0.0667. The molecule has 0 bridgehead atoms. The lowest BCUT2D eigenvalue weighted by molar-refractivity contribution is -0.119. The minimum Gasteiger partial charge on any atom is -0.374 e. The number of hydrogen-bond acceptors (Lipinski definition) is 3. The topological polar surface area (TPSA) is 53.5 Å². The predicted molar refractivity (Wildman–Crippen MR) is 100 cm³/mol. The Morgan fingerprint density at radius 2 is 1.73 bits per heavy atom. The third kappa shape index (κ3) is 5.23. The minimum absolute atomic E-state index is 0.116. The van der Waals surface area contributed by atoms with Crippen molar-refractivity contribution in [2.24, 2.45) is 5.10 Å². The van der Waals surface area contributed by atoms with Crippen LogP contribution in [0.4, 0.5) is 5.69 Å². The molecule has 2 aromatic carbocycles. The highest BCUT2D eigenvalue weighted by atomic mass is 79.9. The second kappa shape index (κ2) is 8.45. The normalized spacial score (nSPS) is 10.7. The number of benzene rings is 2. The standard InChI is InChI=1S/C15H12Br3N3O/c16-11-6-12(17)15(13(18)7-11)19-9-14(22)21-20-8-10-4-2-1-3-5-10/h1-8,19H,9H2,(H,21,22)/b20-8+. The third-order valence-electron chi connectivity index (χ3n) is 2.64. The first-order valence-electron chi connectivity index (χ1n) is 6.31. The summed E-state index contributed by atoms with van der Waals surface area (Å²) in [6.07, 6.45) is 1.60. The molecule has 0 aliphatic heterocycles. The van der Waals surface area contributed by atoms with Crippen LogP contribution in [0, 0.1) is 0 Å². The van der Waals surface area contributed by atoms with Gasteiger partial charge >= 0.3 is 0 Å². The Morgan fingerprint density at radius 1 is 1.09 bits per heavy atom. The molecule has 0 fully saturated rings. The SMILES string of the molecule is O=C(CNc1c(Br)cc(Br)cc1Br)N/N=C/c1ccccc1. The average molecular weight is 490 g/mol. The highest BCUT2D eigenvalue weighted by Gasteiger charge is 2.08. The summed E-state index contributed by atoms with van der Waals surface area (Å²) >= 11 is 10.3. The van der Waals surface area contributed by atoms with Crippen molar-refractivity contribution in [3.63, 3.8) is 0 Å². The molecule has 0 spiro atoms. The van der Waals surface area contributed by atoms with Gasteiger partial charge in [0.2, 0.25) is 0 Å². The van der Waals surface area contributed by atoms with Crippen LogP contribution in [0.2, 0.25) is 0 Å². The van der Waals surface area contributed by atoms with Gasteiger partial charge in [0.25, 0.3) is 5.91 Å². The van der Waals surface area contributed by atoms with Crippen molar-refractivity contribution in [1.29, 1.82) is 0 Å². The fourth-order valence-electron chi connectivity index (χ4n) is 1.64. The third-order valence-corrected chi connectivity index (χ3v) is 4.34. The number of rotatable bonds is 5. The largest absolute Gasteiger partial charge is 0.374 e. The zero-order valence-electron chi connectivity index (χ0n) is 11.3. The molecule has 0 radical (unpaired) electrons. The van der Waals surface area contributed by atoms with Crippen molar-refractivity contribution in [3.8, 4) is 0 Å². The van der Waals surface area contributed by atoms with Gasteiger partial charge in [0.15, 0.2) is 0 Å². The lowest BCUT2D eigenvalue weighted by atomic mass is 10.2. The number of carbonyl (C=O) groups is 1. The zero-order chi connectivity index (χ0) is 15.9. The van der Waals surface area contributed by atoms with Gasteiger partial charge in [0.05, 0.1) is 18.4 Å². The van der Waals surface area contributed by atoms with E-state index in [2.05, 4.69) is 63.6 Å². The van der Waals surface area contributed by atoms with E-state index in [0.29, 0.717) is 0 Å². The number of carbonyl (C=O) groups excluding carboxylic acids is 1. The van der Waals surface area contributed by atoms with Crippen LogP contribution in [-0.2, 0) is 4.79 Å². The maximum atomic E-state index is 11.8. The van der Waals surface area contributed by atoms with E-state index >= 15 is 0 Å². The maximum Gasteiger partial charge on any atom is 0.259 e. The second-order valence-electron chi connectivity index (χ2n) is 4.30. The summed E-state index contributed by atoms with van der Waals surface area (Å²) in [5.41, 5.74) is 4.22. The average Bonchev–Trinajstić information content (AvgIpc) is 2.47. The number of hydrogen-bond donors (Lipinski definition) is 2. The number of nitrogens with zero attached hydrogens (tertiary/aromatic N) is 1. The van der Waals surface area contributed by atoms with Gasteiger partial charge in [-0.25, -0.2) is 5.43 Å². The highest BCUT2D eigenvalue weighted by molar-refractivity contribution is 9.11. The number of hydrazone groups is 1. The van der Waals surface area contributed by atoms with Crippen LogP contribution in [-0.4, -0.2) is 18.7 Å². The van der Waals surface area contributed by atoms with Crippen LogP contribution in [0.15, 0.2) is 61.0 Å². The zero-order valence-corrected chi connectivity index (χ0v) is 16.1. The van der Waals surface area contributed by atoms with Gasteiger partial charge in [-0.3, -0.25) is 4.79 Å². The van der Waals surface area contributed by atoms with E-state index in [9.17, 15) is 4.79 Å². The molecule has 0 unspecified atom stereocenters. The van der Waals surface area contributed by atoms with Gasteiger partial charge in [-0.15, -0.1) is 0 Å². The molecule has 114 valence electrons. The Bertz CT molecular complexity index is 667. The summed E-state index contributed by atoms with van der Waals surface area (Å²) in [4.78, 5) is 11.8. The first-order chi connectivity index (χ1) is 10.6. The molecule has 2 rings (SSSR count). The minimum atomic E-state index is -0.228. The number of anilines is 1. The van der Waals surface area contributed by atoms with Crippen LogP contribution in [0.5, 0.6) is 0 Å². The summed E-state index contributed by atoms with van der Waals surface area (Å²) < 4.78 is 2.65. The lowest BCUT2D eigenvalue weighted by Crippen LogP contribution is -2.26. The Labute approximate surface area is 153 Å². The van der Waals surface area contributed by atoms with Crippen molar-refractivity contribution >= 4 is 65.6 Å². The van der Waals surface area contributed by atoms with E-state index in [1.54, 1.807) is 6.21 Å². The quantitative estimate of drug-likeness (QED) is 0.478. The Morgan fingerprint density at radius 3 is 2.36 bits per heavy atom. The smallest absolute Gasteiger partial charge is 0.259 e. The van der Waals surface area contributed by atoms with Gasteiger partial charge in [-0.05, 0) is 49.6 Å².